The molecule has 0 saturated carbocycles. The van der Waals surface area contributed by atoms with Crippen molar-refractivity contribution >= 4 is 10.0 Å². The van der Waals surface area contributed by atoms with Gasteiger partial charge in [-0.25, -0.2) is 12.7 Å². The third-order valence-corrected chi connectivity index (χ3v) is 5.13. The van der Waals surface area contributed by atoms with Gasteiger partial charge in [0.1, 0.15) is 0 Å². The van der Waals surface area contributed by atoms with E-state index in [1.807, 2.05) is 24.3 Å². The average Bonchev–Trinajstić information content (AvgIpc) is 2.39. The second kappa shape index (κ2) is 5.82. The Balaban J connectivity index is 2.11. The Bertz CT molecular complexity index is 493. The molecule has 0 radical (unpaired) electrons. The molecule has 1 fully saturated rings. The normalized spacial score (nSPS) is 17.8. The number of piperidine rings is 1. The highest BCUT2D eigenvalue weighted by atomic mass is 32.2. The van der Waals surface area contributed by atoms with Crippen LogP contribution in [-0.2, 0) is 22.3 Å². The number of hydrogen-bond donors (Lipinski definition) is 1. The van der Waals surface area contributed by atoms with Crippen LogP contribution >= 0.6 is 0 Å². The van der Waals surface area contributed by atoms with Gasteiger partial charge in [-0.3, -0.25) is 0 Å². The van der Waals surface area contributed by atoms with Crippen LogP contribution in [0, 0.1) is 0 Å². The number of nitrogens with zero attached hydrogens (tertiary/aromatic N) is 1. The van der Waals surface area contributed by atoms with Crippen LogP contribution in [0.3, 0.4) is 0 Å². The fourth-order valence-electron chi connectivity index (χ4n) is 2.29. The molecule has 0 atom stereocenters. The van der Waals surface area contributed by atoms with E-state index in [2.05, 4.69) is 0 Å². The molecule has 2 rings (SSSR count). The molecule has 0 unspecified atom stereocenters. The molecule has 0 aliphatic carbocycles. The first-order valence-electron chi connectivity index (χ1n) is 6.37. The van der Waals surface area contributed by atoms with E-state index in [-0.39, 0.29) is 5.75 Å². The molecule has 1 aliphatic rings. The highest BCUT2D eigenvalue weighted by Gasteiger charge is 2.23. The maximum Gasteiger partial charge on any atom is 0.218 e. The van der Waals surface area contributed by atoms with Crippen molar-refractivity contribution in [1.82, 2.24) is 4.31 Å². The Morgan fingerprint density at radius 3 is 2.44 bits per heavy atom. The van der Waals surface area contributed by atoms with E-state index in [4.69, 9.17) is 5.73 Å². The van der Waals surface area contributed by atoms with Gasteiger partial charge in [0.25, 0.3) is 0 Å². The van der Waals surface area contributed by atoms with Gasteiger partial charge in [-0.2, -0.15) is 0 Å². The molecule has 0 spiro atoms. The summed E-state index contributed by atoms with van der Waals surface area (Å²) in [6, 6.07) is 7.50. The monoisotopic (exact) mass is 268 g/mol. The molecule has 0 amide bonds. The average molecular weight is 268 g/mol. The molecule has 1 heterocycles. The van der Waals surface area contributed by atoms with Gasteiger partial charge in [0.15, 0.2) is 0 Å². The Morgan fingerprint density at radius 2 is 1.78 bits per heavy atom. The summed E-state index contributed by atoms with van der Waals surface area (Å²) < 4.78 is 26.1. The molecule has 0 aromatic heterocycles. The van der Waals surface area contributed by atoms with Crippen LogP contribution in [0.5, 0.6) is 0 Å². The lowest BCUT2D eigenvalue weighted by Gasteiger charge is -2.25. The van der Waals surface area contributed by atoms with E-state index in [1.54, 1.807) is 4.31 Å². The van der Waals surface area contributed by atoms with Gasteiger partial charge in [-0.1, -0.05) is 30.7 Å². The van der Waals surface area contributed by atoms with Crippen molar-refractivity contribution in [3.8, 4) is 0 Å². The molecule has 5 heteroatoms. The Morgan fingerprint density at radius 1 is 1.11 bits per heavy atom. The highest BCUT2D eigenvalue weighted by molar-refractivity contribution is 7.88. The smallest absolute Gasteiger partial charge is 0.218 e. The predicted octanol–water partition coefficient (Wildman–Crippen LogP) is 1.46. The molecule has 1 aromatic rings. The van der Waals surface area contributed by atoms with Gasteiger partial charge in [0.2, 0.25) is 10.0 Å². The molecule has 18 heavy (non-hydrogen) atoms. The van der Waals surface area contributed by atoms with E-state index in [0.717, 1.165) is 30.4 Å². The van der Waals surface area contributed by atoms with Crippen molar-refractivity contribution in [2.24, 2.45) is 5.73 Å². The van der Waals surface area contributed by atoms with Crippen molar-refractivity contribution in [2.75, 3.05) is 13.1 Å². The van der Waals surface area contributed by atoms with Gasteiger partial charge in [0, 0.05) is 19.6 Å². The summed E-state index contributed by atoms with van der Waals surface area (Å²) in [5.74, 6) is 0.0842. The van der Waals surface area contributed by atoms with Gasteiger partial charge < -0.3 is 5.73 Å². The first kappa shape index (κ1) is 13.5. The van der Waals surface area contributed by atoms with Crippen molar-refractivity contribution in [2.45, 2.75) is 31.6 Å². The number of benzene rings is 1. The molecule has 1 aliphatic heterocycles. The maximum absolute atomic E-state index is 12.2. The summed E-state index contributed by atoms with van der Waals surface area (Å²) in [4.78, 5) is 0. The number of nitrogens with two attached hydrogens (primary N) is 1. The summed E-state index contributed by atoms with van der Waals surface area (Å²) >= 11 is 0. The van der Waals surface area contributed by atoms with Crippen LogP contribution in [0.2, 0.25) is 0 Å². The minimum Gasteiger partial charge on any atom is -0.326 e. The van der Waals surface area contributed by atoms with Crippen molar-refractivity contribution in [3.05, 3.63) is 35.4 Å². The number of sulfonamides is 1. The minimum atomic E-state index is -3.17. The zero-order valence-electron chi connectivity index (χ0n) is 10.5. The van der Waals surface area contributed by atoms with Crippen molar-refractivity contribution < 1.29 is 8.42 Å². The van der Waals surface area contributed by atoms with E-state index in [1.165, 1.54) is 0 Å². The van der Waals surface area contributed by atoms with Crippen molar-refractivity contribution in [1.29, 1.82) is 0 Å². The third-order valence-electron chi connectivity index (χ3n) is 3.28. The van der Waals surface area contributed by atoms with Crippen LogP contribution in [0.1, 0.15) is 30.4 Å². The van der Waals surface area contributed by atoms with Crippen LogP contribution in [0.25, 0.3) is 0 Å². The van der Waals surface area contributed by atoms with E-state index >= 15 is 0 Å². The summed E-state index contributed by atoms with van der Waals surface area (Å²) in [5, 5.41) is 0. The first-order chi connectivity index (χ1) is 8.62. The molecular weight excluding hydrogens is 248 g/mol. The summed E-state index contributed by atoms with van der Waals surface area (Å²) in [6.07, 6.45) is 3.08. The molecular formula is C13H20N2O2S. The second-order valence-electron chi connectivity index (χ2n) is 4.74. The van der Waals surface area contributed by atoms with Crippen LogP contribution in [0.4, 0.5) is 0 Å². The van der Waals surface area contributed by atoms with Crippen molar-refractivity contribution in [3.63, 3.8) is 0 Å². The topological polar surface area (TPSA) is 63.4 Å². The molecule has 2 N–H and O–H groups in total. The first-order valence-corrected chi connectivity index (χ1v) is 7.98. The molecule has 100 valence electrons. The second-order valence-corrected chi connectivity index (χ2v) is 6.71. The number of hydrogen-bond acceptors (Lipinski definition) is 3. The zero-order valence-corrected chi connectivity index (χ0v) is 11.3. The van der Waals surface area contributed by atoms with E-state index in [0.29, 0.717) is 19.6 Å². The minimum absolute atomic E-state index is 0.0842. The SMILES string of the molecule is NCc1cccc(CS(=O)(=O)N2CCCCC2)c1. The van der Waals surface area contributed by atoms with E-state index < -0.39 is 10.0 Å². The maximum atomic E-state index is 12.2. The van der Waals surface area contributed by atoms with Crippen LogP contribution in [0.15, 0.2) is 24.3 Å². The lowest BCUT2D eigenvalue weighted by molar-refractivity contribution is 0.346. The van der Waals surface area contributed by atoms with Gasteiger partial charge in [-0.05, 0) is 24.0 Å². The molecule has 4 nitrogen and oxygen atoms in total. The van der Waals surface area contributed by atoms with Gasteiger partial charge in [0.05, 0.1) is 5.75 Å². The molecule has 1 aromatic carbocycles. The fraction of sp³-hybridized carbons (Fsp3) is 0.538. The van der Waals surface area contributed by atoms with Gasteiger partial charge in [-0.15, -0.1) is 0 Å². The van der Waals surface area contributed by atoms with Crippen LogP contribution < -0.4 is 5.73 Å². The van der Waals surface area contributed by atoms with E-state index in [9.17, 15) is 8.42 Å². The quantitative estimate of drug-likeness (QED) is 0.899. The third kappa shape index (κ3) is 3.31. The highest BCUT2D eigenvalue weighted by Crippen LogP contribution is 2.17. The van der Waals surface area contributed by atoms with Crippen LogP contribution in [-0.4, -0.2) is 25.8 Å². The van der Waals surface area contributed by atoms with Gasteiger partial charge >= 0.3 is 0 Å². The standard InChI is InChI=1S/C13H20N2O2S/c14-10-12-5-4-6-13(9-12)11-18(16,17)15-7-2-1-3-8-15/h4-6,9H,1-3,7-8,10-11,14H2. The molecule has 1 saturated heterocycles. The lowest BCUT2D eigenvalue weighted by Crippen LogP contribution is -2.36. The Hall–Kier alpha value is -0.910. The largest absolute Gasteiger partial charge is 0.326 e. The Labute approximate surface area is 109 Å². The number of rotatable bonds is 4. The fourth-order valence-corrected chi connectivity index (χ4v) is 3.89. The summed E-state index contributed by atoms with van der Waals surface area (Å²) in [6.45, 7) is 1.77. The summed E-state index contributed by atoms with van der Waals surface area (Å²) in [7, 11) is -3.17. The Kier molecular flexibility index (Phi) is 4.37. The summed E-state index contributed by atoms with van der Waals surface area (Å²) in [5.41, 5.74) is 7.36. The zero-order chi connectivity index (χ0) is 13.0. The lowest BCUT2D eigenvalue weighted by atomic mass is 10.1. The molecule has 0 bridgehead atoms. The predicted molar refractivity (Wildman–Crippen MR) is 72.4 cm³/mol.